The van der Waals surface area contributed by atoms with Crippen molar-refractivity contribution in [3.8, 4) is 0 Å². The molecule has 0 amide bonds. The minimum absolute atomic E-state index is 0.176. The fourth-order valence-corrected chi connectivity index (χ4v) is 2.04. The smallest absolute Gasteiger partial charge is 0.307 e. The Morgan fingerprint density at radius 2 is 2.36 bits per heavy atom. The summed E-state index contributed by atoms with van der Waals surface area (Å²) in [5.74, 6) is -0.176. The summed E-state index contributed by atoms with van der Waals surface area (Å²) in [5.41, 5.74) is 5.76. The zero-order valence-electron chi connectivity index (χ0n) is 9.08. The largest absolute Gasteiger partial charge is 0.466 e. The first-order chi connectivity index (χ1) is 6.56. The minimum atomic E-state index is -0.376. The Balaban J connectivity index is 2.43. The van der Waals surface area contributed by atoms with Crippen molar-refractivity contribution < 1.29 is 9.53 Å². The van der Waals surface area contributed by atoms with Gasteiger partial charge in [0, 0.05) is 12.1 Å². The van der Waals surface area contributed by atoms with Crippen molar-refractivity contribution in [3.63, 3.8) is 0 Å². The quantitative estimate of drug-likeness (QED) is 0.668. The molecule has 4 heteroatoms. The van der Waals surface area contributed by atoms with Crippen molar-refractivity contribution in [1.82, 2.24) is 4.90 Å². The Hall–Kier alpha value is -0.610. The Morgan fingerprint density at radius 1 is 1.64 bits per heavy atom. The molecule has 0 saturated carbocycles. The first-order valence-corrected chi connectivity index (χ1v) is 5.19. The van der Waals surface area contributed by atoms with Crippen molar-refractivity contribution in [2.75, 3.05) is 26.7 Å². The van der Waals surface area contributed by atoms with E-state index >= 15 is 0 Å². The molecular formula is C10H20N2O2. The van der Waals surface area contributed by atoms with E-state index in [9.17, 15) is 4.79 Å². The van der Waals surface area contributed by atoms with Gasteiger partial charge in [0.05, 0.1) is 13.0 Å². The number of ether oxygens (including phenoxy) is 1. The second kappa shape index (κ2) is 4.75. The van der Waals surface area contributed by atoms with Gasteiger partial charge in [-0.25, -0.2) is 0 Å². The molecule has 0 radical (unpaired) electrons. The Labute approximate surface area is 85.4 Å². The summed E-state index contributed by atoms with van der Waals surface area (Å²) in [7, 11) is 2.03. The summed E-state index contributed by atoms with van der Waals surface area (Å²) in [4.78, 5) is 13.5. The molecule has 1 saturated heterocycles. The van der Waals surface area contributed by atoms with Crippen LogP contribution in [0.5, 0.6) is 0 Å². The van der Waals surface area contributed by atoms with Gasteiger partial charge in [0.1, 0.15) is 0 Å². The fraction of sp³-hybridized carbons (Fsp3) is 0.900. The summed E-state index contributed by atoms with van der Waals surface area (Å²) in [6.07, 6.45) is 2.31. The van der Waals surface area contributed by atoms with Crippen LogP contribution in [0.15, 0.2) is 0 Å². The molecule has 0 aromatic rings. The molecular weight excluding hydrogens is 180 g/mol. The number of hydrogen-bond acceptors (Lipinski definition) is 4. The Bertz CT molecular complexity index is 208. The van der Waals surface area contributed by atoms with E-state index in [0.717, 1.165) is 25.9 Å². The second-order valence-electron chi connectivity index (χ2n) is 4.19. The highest BCUT2D eigenvalue weighted by molar-refractivity contribution is 5.70. The fourth-order valence-electron chi connectivity index (χ4n) is 2.04. The maximum Gasteiger partial charge on any atom is 0.307 e. The third-order valence-electron chi connectivity index (χ3n) is 2.60. The van der Waals surface area contributed by atoms with Crippen LogP contribution in [0.2, 0.25) is 0 Å². The number of esters is 1. The monoisotopic (exact) mass is 200 g/mol. The van der Waals surface area contributed by atoms with Gasteiger partial charge in [-0.3, -0.25) is 4.79 Å². The molecule has 14 heavy (non-hydrogen) atoms. The SMILES string of the molecule is CCOC(=O)CC1(N)CCCN(C)C1. The molecule has 1 heterocycles. The number of carbonyl (C=O) groups is 1. The summed E-state index contributed by atoms with van der Waals surface area (Å²) < 4.78 is 4.91. The maximum atomic E-state index is 11.3. The van der Waals surface area contributed by atoms with Gasteiger partial charge in [-0.05, 0) is 33.4 Å². The summed E-state index contributed by atoms with van der Waals surface area (Å²) in [6, 6.07) is 0. The van der Waals surface area contributed by atoms with Crippen LogP contribution < -0.4 is 5.73 Å². The van der Waals surface area contributed by atoms with Gasteiger partial charge >= 0.3 is 5.97 Å². The minimum Gasteiger partial charge on any atom is -0.466 e. The van der Waals surface area contributed by atoms with Crippen LogP contribution >= 0.6 is 0 Å². The van der Waals surface area contributed by atoms with Crippen LogP contribution in [-0.4, -0.2) is 43.2 Å². The topological polar surface area (TPSA) is 55.6 Å². The van der Waals surface area contributed by atoms with E-state index in [4.69, 9.17) is 10.5 Å². The van der Waals surface area contributed by atoms with Crippen LogP contribution in [0.25, 0.3) is 0 Å². The van der Waals surface area contributed by atoms with Crippen molar-refractivity contribution in [2.45, 2.75) is 31.7 Å². The number of piperidine rings is 1. The molecule has 1 aliphatic heterocycles. The van der Waals surface area contributed by atoms with E-state index in [1.54, 1.807) is 0 Å². The molecule has 2 N–H and O–H groups in total. The first kappa shape index (κ1) is 11.5. The number of nitrogens with two attached hydrogens (primary N) is 1. The van der Waals surface area contributed by atoms with Gasteiger partial charge in [-0.2, -0.15) is 0 Å². The molecule has 1 fully saturated rings. The normalized spacial score (nSPS) is 28.8. The number of likely N-dealkylation sites (N-methyl/N-ethyl adjacent to an activating group) is 1. The highest BCUT2D eigenvalue weighted by Crippen LogP contribution is 2.21. The van der Waals surface area contributed by atoms with Gasteiger partial charge < -0.3 is 15.4 Å². The third-order valence-corrected chi connectivity index (χ3v) is 2.60. The highest BCUT2D eigenvalue weighted by atomic mass is 16.5. The van der Waals surface area contributed by atoms with Crippen LogP contribution in [0.3, 0.4) is 0 Å². The van der Waals surface area contributed by atoms with E-state index in [0.29, 0.717) is 13.0 Å². The Morgan fingerprint density at radius 3 is 2.93 bits per heavy atom. The Kier molecular flexibility index (Phi) is 3.89. The number of hydrogen-bond donors (Lipinski definition) is 1. The van der Waals surface area contributed by atoms with Crippen molar-refractivity contribution >= 4 is 5.97 Å². The van der Waals surface area contributed by atoms with Crippen LogP contribution in [0, 0.1) is 0 Å². The molecule has 0 aromatic heterocycles. The molecule has 1 aliphatic rings. The zero-order chi connectivity index (χ0) is 10.6. The molecule has 4 nitrogen and oxygen atoms in total. The van der Waals surface area contributed by atoms with Gasteiger partial charge in [0.2, 0.25) is 0 Å². The predicted octanol–water partition coefficient (Wildman–Crippen LogP) is 0.363. The average Bonchev–Trinajstić information content (AvgIpc) is 2.02. The predicted molar refractivity (Wildman–Crippen MR) is 54.9 cm³/mol. The van der Waals surface area contributed by atoms with Crippen LogP contribution in [-0.2, 0) is 9.53 Å². The molecule has 82 valence electrons. The van der Waals surface area contributed by atoms with Gasteiger partial charge in [-0.1, -0.05) is 0 Å². The maximum absolute atomic E-state index is 11.3. The first-order valence-electron chi connectivity index (χ1n) is 5.19. The number of rotatable bonds is 3. The average molecular weight is 200 g/mol. The molecule has 1 unspecified atom stereocenters. The van der Waals surface area contributed by atoms with Gasteiger partial charge in [0.25, 0.3) is 0 Å². The van der Waals surface area contributed by atoms with Crippen molar-refractivity contribution in [3.05, 3.63) is 0 Å². The van der Waals surface area contributed by atoms with E-state index < -0.39 is 0 Å². The van der Waals surface area contributed by atoms with Gasteiger partial charge in [0.15, 0.2) is 0 Å². The molecule has 0 spiro atoms. The summed E-state index contributed by atoms with van der Waals surface area (Å²) in [5, 5.41) is 0. The van der Waals surface area contributed by atoms with Crippen LogP contribution in [0.4, 0.5) is 0 Å². The number of likely N-dealkylation sites (tertiary alicyclic amines) is 1. The van der Waals surface area contributed by atoms with E-state index in [-0.39, 0.29) is 11.5 Å². The molecule has 0 aliphatic carbocycles. The molecule has 1 atom stereocenters. The van der Waals surface area contributed by atoms with Crippen molar-refractivity contribution in [2.24, 2.45) is 5.73 Å². The van der Waals surface area contributed by atoms with Crippen molar-refractivity contribution in [1.29, 1.82) is 0 Å². The molecule has 0 bridgehead atoms. The second-order valence-corrected chi connectivity index (χ2v) is 4.19. The number of nitrogens with zero attached hydrogens (tertiary/aromatic N) is 1. The number of carbonyl (C=O) groups excluding carboxylic acids is 1. The standard InChI is InChI=1S/C10H20N2O2/c1-3-14-9(13)7-10(11)5-4-6-12(2)8-10/h3-8,11H2,1-2H3. The molecule has 0 aromatic carbocycles. The van der Waals surface area contributed by atoms with Crippen LogP contribution in [0.1, 0.15) is 26.2 Å². The lowest BCUT2D eigenvalue weighted by molar-refractivity contribution is -0.145. The summed E-state index contributed by atoms with van der Waals surface area (Å²) >= 11 is 0. The lowest BCUT2D eigenvalue weighted by atomic mass is 9.87. The summed E-state index contributed by atoms with van der Waals surface area (Å²) in [6.45, 7) is 4.10. The van der Waals surface area contributed by atoms with E-state index in [1.165, 1.54) is 0 Å². The molecule has 1 rings (SSSR count). The van der Waals surface area contributed by atoms with E-state index in [1.807, 2.05) is 14.0 Å². The lowest BCUT2D eigenvalue weighted by Gasteiger charge is -2.37. The lowest BCUT2D eigenvalue weighted by Crippen LogP contribution is -2.54. The van der Waals surface area contributed by atoms with E-state index in [2.05, 4.69) is 4.90 Å². The highest BCUT2D eigenvalue weighted by Gasteiger charge is 2.32. The zero-order valence-corrected chi connectivity index (χ0v) is 9.08. The third kappa shape index (κ3) is 3.27. The van der Waals surface area contributed by atoms with Gasteiger partial charge in [-0.15, -0.1) is 0 Å².